The number of esters is 3. The van der Waals surface area contributed by atoms with E-state index in [0.29, 0.717) is 19.3 Å². The average Bonchev–Trinajstić information content (AvgIpc) is 3.33. The summed E-state index contributed by atoms with van der Waals surface area (Å²) in [6.07, 6.45) is 71.4. The van der Waals surface area contributed by atoms with E-state index >= 15 is 0 Å². The smallest absolute Gasteiger partial charge is 0.306 e. The van der Waals surface area contributed by atoms with Gasteiger partial charge in [-0.25, -0.2) is 0 Å². The summed E-state index contributed by atoms with van der Waals surface area (Å²) in [5.41, 5.74) is 0. The summed E-state index contributed by atoms with van der Waals surface area (Å²) >= 11 is 0. The molecule has 6 heteroatoms. The molecule has 0 bridgehead atoms. The molecule has 0 saturated carbocycles. The number of carbonyl (C=O) groups is 3. The van der Waals surface area contributed by atoms with Crippen LogP contribution in [0.2, 0.25) is 0 Å². The first-order valence-electron chi connectivity index (χ1n) is 28.1. The van der Waals surface area contributed by atoms with Gasteiger partial charge < -0.3 is 14.2 Å². The predicted molar refractivity (Wildman–Crippen MR) is 288 cm³/mol. The summed E-state index contributed by atoms with van der Waals surface area (Å²) in [6.45, 7) is 6.49. The predicted octanol–water partition coefficient (Wildman–Crippen LogP) is 18.8. The molecular formula is C61H104O6. The topological polar surface area (TPSA) is 78.9 Å². The largest absolute Gasteiger partial charge is 0.462 e. The summed E-state index contributed by atoms with van der Waals surface area (Å²) in [6, 6.07) is 0. The summed E-state index contributed by atoms with van der Waals surface area (Å²) in [4.78, 5) is 38.1. The highest BCUT2D eigenvalue weighted by Crippen LogP contribution is 2.15. The molecule has 0 rings (SSSR count). The van der Waals surface area contributed by atoms with E-state index in [9.17, 15) is 14.4 Å². The maximum atomic E-state index is 12.8. The van der Waals surface area contributed by atoms with Crippen LogP contribution in [0, 0.1) is 0 Å². The average molecular weight is 933 g/mol. The van der Waals surface area contributed by atoms with E-state index in [0.717, 1.165) is 122 Å². The second kappa shape index (κ2) is 55.2. The lowest BCUT2D eigenvalue weighted by Gasteiger charge is -2.18. The zero-order valence-corrected chi connectivity index (χ0v) is 43.9. The minimum Gasteiger partial charge on any atom is -0.462 e. The SMILES string of the molecule is CC/C=C\C/C=C\C/C=C\C/C=C\C/C=C\C/C=C\CCCCCCC(=O)OCC(COC(=O)CCCCCCCCCCCCC)OC(=O)CCCCCCC/C=C\CCCCCCCC. The number of hydrogen-bond donors (Lipinski definition) is 0. The van der Waals surface area contributed by atoms with Crippen LogP contribution in [0.4, 0.5) is 0 Å². The van der Waals surface area contributed by atoms with Gasteiger partial charge in [-0.3, -0.25) is 14.4 Å². The lowest BCUT2D eigenvalue weighted by atomic mass is 10.1. The van der Waals surface area contributed by atoms with Gasteiger partial charge >= 0.3 is 17.9 Å². The van der Waals surface area contributed by atoms with Gasteiger partial charge in [-0.2, -0.15) is 0 Å². The lowest BCUT2D eigenvalue weighted by molar-refractivity contribution is -0.167. The second-order valence-electron chi connectivity index (χ2n) is 18.5. The zero-order chi connectivity index (χ0) is 48.6. The molecule has 1 unspecified atom stereocenters. The molecule has 0 aliphatic rings. The maximum Gasteiger partial charge on any atom is 0.306 e. The highest BCUT2D eigenvalue weighted by molar-refractivity contribution is 5.71. The van der Waals surface area contributed by atoms with E-state index in [4.69, 9.17) is 14.2 Å². The van der Waals surface area contributed by atoms with E-state index in [1.165, 1.54) is 103 Å². The van der Waals surface area contributed by atoms with Crippen LogP contribution in [0.5, 0.6) is 0 Å². The number of ether oxygens (including phenoxy) is 3. The van der Waals surface area contributed by atoms with Crippen LogP contribution in [-0.2, 0) is 28.6 Å². The molecule has 1 atom stereocenters. The van der Waals surface area contributed by atoms with Gasteiger partial charge in [0.15, 0.2) is 6.10 Å². The van der Waals surface area contributed by atoms with Crippen molar-refractivity contribution >= 4 is 17.9 Å². The first-order chi connectivity index (χ1) is 33.0. The fourth-order valence-corrected chi connectivity index (χ4v) is 7.68. The van der Waals surface area contributed by atoms with Crippen molar-refractivity contribution in [2.75, 3.05) is 13.2 Å². The van der Waals surface area contributed by atoms with Crippen LogP contribution < -0.4 is 0 Å². The Morgan fingerprint density at radius 2 is 0.582 bits per heavy atom. The van der Waals surface area contributed by atoms with Gasteiger partial charge in [-0.05, 0) is 96.3 Å². The number of hydrogen-bond acceptors (Lipinski definition) is 6. The van der Waals surface area contributed by atoms with Gasteiger partial charge in [0.05, 0.1) is 0 Å². The van der Waals surface area contributed by atoms with Crippen molar-refractivity contribution < 1.29 is 28.6 Å². The normalized spacial score (nSPS) is 12.7. The van der Waals surface area contributed by atoms with E-state index in [-0.39, 0.29) is 31.1 Å². The molecule has 0 aromatic rings. The Labute approximate surface area is 414 Å². The van der Waals surface area contributed by atoms with Gasteiger partial charge in [-0.15, -0.1) is 0 Å². The minimum atomic E-state index is -0.790. The molecule has 0 heterocycles. The Hall–Kier alpha value is -3.41. The third-order valence-corrected chi connectivity index (χ3v) is 11.9. The summed E-state index contributed by atoms with van der Waals surface area (Å²) in [7, 11) is 0. The molecule has 0 aliphatic heterocycles. The van der Waals surface area contributed by atoms with Crippen LogP contribution in [0.25, 0.3) is 0 Å². The van der Waals surface area contributed by atoms with Gasteiger partial charge in [0, 0.05) is 19.3 Å². The van der Waals surface area contributed by atoms with Crippen LogP contribution in [-0.4, -0.2) is 37.2 Å². The van der Waals surface area contributed by atoms with Crippen molar-refractivity contribution in [3.63, 3.8) is 0 Å². The molecule has 6 nitrogen and oxygen atoms in total. The molecule has 67 heavy (non-hydrogen) atoms. The van der Waals surface area contributed by atoms with Crippen LogP contribution in [0.1, 0.15) is 265 Å². The third kappa shape index (κ3) is 53.4. The van der Waals surface area contributed by atoms with Crippen molar-refractivity contribution in [3.05, 3.63) is 85.1 Å². The summed E-state index contributed by atoms with van der Waals surface area (Å²) in [5.74, 6) is -0.917. The molecule has 0 spiro atoms. The van der Waals surface area contributed by atoms with Crippen LogP contribution in [0.15, 0.2) is 85.1 Å². The molecular weight excluding hydrogens is 829 g/mol. The van der Waals surface area contributed by atoms with Gasteiger partial charge in [-0.1, -0.05) is 234 Å². The molecule has 0 amide bonds. The number of allylic oxidation sites excluding steroid dienone is 14. The first kappa shape index (κ1) is 63.6. The summed E-state index contributed by atoms with van der Waals surface area (Å²) in [5, 5.41) is 0. The fourth-order valence-electron chi connectivity index (χ4n) is 7.68. The molecule has 0 saturated heterocycles. The maximum absolute atomic E-state index is 12.8. The van der Waals surface area contributed by atoms with Gasteiger partial charge in [0.1, 0.15) is 13.2 Å². The van der Waals surface area contributed by atoms with E-state index in [2.05, 4.69) is 106 Å². The second-order valence-corrected chi connectivity index (χ2v) is 18.5. The van der Waals surface area contributed by atoms with E-state index in [1.807, 2.05) is 0 Å². The Morgan fingerprint density at radius 3 is 0.925 bits per heavy atom. The van der Waals surface area contributed by atoms with Crippen molar-refractivity contribution in [2.24, 2.45) is 0 Å². The monoisotopic (exact) mass is 933 g/mol. The number of unbranched alkanes of at least 4 members (excludes halogenated alkanes) is 25. The molecule has 0 aromatic carbocycles. The summed E-state index contributed by atoms with van der Waals surface area (Å²) < 4.78 is 16.8. The molecule has 0 aliphatic carbocycles. The van der Waals surface area contributed by atoms with Crippen molar-refractivity contribution in [2.45, 2.75) is 271 Å². The highest BCUT2D eigenvalue weighted by Gasteiger charge is 2.19. The molecule has 384 valence electrons. The van der Waals surface area contributed by atoms with E-state index < -0.39 is 6.10 Å². The van der Waals surface area contributed by atoms with Crippen molar-refractivity contribution in [1.29, 1.82) is 0 Å². The highest BCUT2D eigenvalue weighted by atomic mass is 16.6. The van der Waals surface area contributed by atoms with Crippen LogP contribution >= 0.6 is 0 Å². The zero-order valence-electron chi connectivity index (χ0n) is 43.9. The molecule has 0 N–H and O–H groups in total. The Bertz CT molecular complexity index is 1300. The third-order valence-electron chi connectivity index (χ3n) is 11.9. The Balaban J connectivity index is 4.39. The Morgan fingerprint density at radius 1 is 0.313 bits per heavy atom. The van der Waals surface area contributed by atoms with Gasteiger partial charge in [0.25, 0.3) is 0 Å². The van der Waals surface area contributed by atoms with Gasteiger partial charge in [0.2, 0.25) is 0 Å². The minimum absolute atomic E-state index is 0.0865. The van der Waals surface area contributed by atoms with Crippen molar-refractivity contribution in [3.8, 4) is 0 Å². The van der Waals surface area contributed by atoms with Crippen LogP contribution in [0.3, 0.4) is 0 Å². The standard InChI is InChI=1S/C61H104O6/c1-4-7-10-13-16-19-22-24-26-27-28-29-30-31-32-33-35-36-39-42-45-48-51-54-60(63)66-57-58(56-65-59(62)53-50-47-44-41-38-21-18-15-12-9-6-3)67-61(64)55-52-49-46-43-40-37-34-25-23-20-17-14-11-8-5-2/h7,10,16,19,24-26,28-29,31-32,34-36,58H,4-6,8-9,11-15,17-18,20-23,27,30,33,37-57H2,1-3H3/b10-7-,19-16-,26-24-,29-28-,32-31-,34-25-,36-35-. The molecule has 0 radical (unpaired) electrons. The number of carbonyl (C=O) groups excluding carboxylic acids is 3. The van der Waals surface area contributed by atoms with Crippen molar-refractivity contribution in [1.82, 2.24) is 0 Å². The quantitative estimate of drug-likeness (QED) is 0.0262. The van der Waals surface area contributed by atoms with E-state index in [1.54, 1.807) is 0 Å². The lowest BCUT2D eigenvalue weighted by Crippen LogP contribution is -2.30. The first-order valence-corrected chi connectivity index (χ1v) is 28.1. The Kier molecular flexibility index (Phi) is 52.4. The molecule has 0 fully saturated rings. The molecule has 0 aromatic heterocycles. The fraction of sp³-hybridized carbons (Fsp3) is 0.721. The number of rotatable bonds is 50.